The molecule has 5 nitrogen and oxygen atoms in total. The number of nitrogens with one attached hydrogen (secondary N) is 3. The normalized spacial score (nSPS) is 17.8. The van der Waals surface area contributed by atoms with Crippen LogP contribution >= 0.6 is 11.6 Å². The van der Waals surface area contributed by atoms with Gasteiger partial charge in [0.15, 0.2) is 0 Å². The predicted molar refractivity (Wildman–Crippen MR) is 126 cm³/mol. The van der Waals surface area contributed by atoms with Crippen LogP contribution in [0.5, 0.6) is 0 Å². The molecule has 0 aromatic heterocycles. The molecular weight excluding hydrogens is 410 g/mol. The van der Waals surface area contributed by atoms with E-state index in [9.17, 15) is 9.59 Å². The van der Waals surface area contributed by atoms with E-state index in [0.717, 1.165) is 23.1 Å². The van der Waals surface area contributed by atoms with Gasteiger partial charge in [-0.3, -0.25) is 4.79 Å². The predicted octanol–water partition coefficient (Wildman–Crippen LogP) is 5.67. The fourth-order valence-corrected chi connectivity index (χ4v) is 3.24. The van der Waals surface area contributed by atoms with Gasteiger partial charge in [0.1, 0.15) is 0 Å². The molecule has 3 amide bonds. The van der Waals surface area contributed by atoms with Crippen molar-refractivity contribution in [2.75, 3.05) is 5.32 Å². The molecule has 1 aliphatic rings. The first-order valence-corrected chi connectivity index (χ1v) is 10.6. The van der Waals surface area contributed by atoms with E-state index in [1.807, 2.05) is 67.6 Å². The van der Waals surface area contributed by atoms with Crippen LogP contribution < -0.4 is 16.0 Å². The number of urea groups is 1. The van der Waals surface area contributed by atoms with E-state index < -0.39 is 0 Å². The van der Waals surface area contributed by atoms with E-state index in [1.54, 1.807) is 12.1 Å². The van der Waals surface area contributed by atoms with Crippen molar-refractivity contribution in [3.63, 3.8) is 0 Å². The van der Waals surface area contributed by atoms with Crippen molar-refractivity contribution in [3.05, 3.63) is 101 Å². The van der Waals surface area contributed by atoms with E-state index in [2.05, 4.69) is 22.0 Å². The highest BCUT2D eigenvalue weighted by atomic mass is 35.5. The Balaban J connectivity index is 1.50. The van der Waals surface area contributed by atoms with Crippen LogP contribution in [0.1, 0.15) is 36.9 Å². The first-order valence-electron chi connectivity index (χ1n) is 10.2. The van der Waals surface area contributed by atoms with Gasteiger partial charge in [0.25, 0.3) is 0 Å². The summed E-state index contributed by atoms with van der Waals surface area (Å²) in [5.41, 5.74) is 3.37. The van der Waals surface area contributed by atoms with Gasteiger partial charge in [0.2, 0.25) is 5.91 Å². The Bertz CT molecular complexity index is 992. The first kappa shape index (κ1) is 22.4. The summed E-state index contributed by atoms with van der Waals surface area (Å²) in [5, 5.41) is 9.32. The van der Waals surface area contributed by atoms with Gasteiger partial charge in [-0.1, -0.05) is 66.2 Å². The number of allylic oxidation sites excluding steroid dienone is 5. The lowest BCUT2D eigenvalue weighted by Crippen LogP contribution is -2.29. The molecule has 0 saturated heterocycles. The fourth-order valence-electron chi connectivity index (χ4n) is 3.11. The quantitative estimate of drug-likeness (QED) is 0.547. The summed E-state index contributed by atoms with van der Waals surface area (Å²) < 4.78 is 0. The van der Waals surface area contributed by atoms with E-state index in [0.29, 0.717) is 23.7 Å². The summed E-state index contributed by atoms with van der Waals surface area (Å²) in [4.78, 5) is 24.7. The van der Waals surface area contributed by atoms with Crippen LogP contribution in [-0.2, 0) is 11.3 Å². The Morgan fingerprint density at radius 3 is 2.48 bits per heavy atom. The van der Waals surface area contributed by atoms with Crippen molar-refractivity contribution in [3.8, 4) is 0 Å². The number of anilines is 1. The number of carbonyl (C=O) groups is 2. The lowest BCUT2D eigenvalue weighted by molar-refractivity contribution is -0.118. The SMILES string of the molecule is C[C@H](NC(=O)/C1=C/C=C\C=C/CC1)c1ccc(NC(=O)NCc2ccc(Cl)cc2)cc1. The highest BCUT2D eigenvalue weighted by molar-refractivity contribution is 6.30. The Labute approximate surface area is 187 Å². The molecule has 0 spiro atoms. The van der Waals surface area contributed by atoms with E-state index in [1.165, 1.54) is 0 Å². The van der Waals surface area contributed by atoms with Crippen molar-refractivity contribution in [2.24, 2.45) is 0 Å². The Morgan fingerprint density at radius 1 is 1.00 bits per heavy atom. The van der Waals surface area contributed by atoms with Gasteiger partial charge in [0.05, 0.1) is 6.04 Å². The molecule has 3 N–H and O–H groups in total. The van der Waals surface area contributed by atoms with Crippen LogP contribution in [-0.4, -0.2) is 11.9 Å². The number of hydrogen-bond acceptors (Lipinski definition) is 2. The van der Waals surface area contributed by atoms with Crippen molar-refractivity contribution in [1.29, 1.82) is 0 Å². The monoisotopic (exact) mass is 435 g/mol. The first-order chi connectivity index (χ1) is 15.0. The zero-order chi connectivity index (χ0) is 22.1. The van der Waals surface area contributed by atoms with Crippen LogP contribution in [0.3, 0.4) is 0 Å². The fraction of sp³-hybridized carbons (Fsp3) is 0.200. The van der Waals surface area contributed by atoms with Crippen LogP contribution in [0.25, 0.3) is 0 Å². The van der Waals surface area contributed by atoms with Crippen molar-refractivity contribution in [2.45, 2.75) is 32.4 Å². The molecule has 1 atom stereocenters. The molecule has 0 saturated carbocycles. The largest absolute Gasteiger partial charge is 0.346 e. The van der Waals surface area contributed by atoms with Crippen LogP contribution in [0.2, 0.25) is 5.02 Å². The zero-order valence-corrected chi connectivity index (χ0v) is 18.2. The average Bonchev–Trinajstić information content (AvgIpc) is 2.73. The average molecular weight is 436 g/mol. The van der Waals surface area contributed by atoms with E-state index in [-0.39, 0.29) is 18.0 Å². The molecule has 31 heavy (non-hydrogen) atoms. The van der Waals surface area contributed by atoms with Gasteiger partial charge in [0, 0.05) is 22.8 Å². The molecule has 6 heteroatoms. The number of amides is 3. The van der Waals surface area contributed by atoms with Gasteiger partial charge >= 0.3 is 6.03 Å². The van der Waals surface area contributed by atoms with Crippen molar-refractivity contribution < 1.29 is 9.59 Å². The summed E-state index contributed by atoms with van der Waals surface area (Å²) in [6.45, 7) is 2.35. The molecule has 0 bridgehead atoms. The smallest absolute Gasteiger partial charge is 0.319 e. The minimum atomic E-state index is -0.289. The number of carbonyl (C=O) groups excluding carboxylic acids is 2. The maximum atomic E-state index is 12.6. The lowest BCUT2D eigenvalue weighted by atomic mass is 10.0. The number of rotatable bonds is 6. The molecule has 160 valence electrons. The Kier molecular flexibility index (Phi) is 8.07. The molecule has 2 aromatic rings. The third-order valence-corrected chi connectivity index (χ3v) is 5.16. The topological polar surface area (TPSA) is 70.2 Å². The Hall–Kier alpha value is -3.31. The van der Waals surface area contributed by atoms with Gasteiger partial charge in [-0.2, -0.15) is 0 Å². The third-order valence-electron chi connectivity index (χ3n) is 4.91. The van der Waals surface area contributed by atoms with E-state index in [4.69, 9.17) is 11.6 Å². The maximum Gasteiger partial charge on any atom is 0.319 e. The highest BCUT2D eigenvalue weighted by Crippen LogP contribution is 2.18. The zero-order valence-electron chi connectivity index (χ0n) is 17.4. The summed E-state index contributed by atoms with van der Waals surface area (Å²) in [6, 6.07) is 14.3. The molecular formula is C25H26ClN3O2. The minimum absolute atomic E-state index is 0.0590. The van der Waals surface area contributed by atoms with Gasteiger partial charge in [-0.25, -0.2) is 4.79 Å². The molecule has 0 radical (unpaired) electrons. The van der Waals surface area contributed by atoms with Crippen LogP contribution in [0.4, 0.5) is 10.5 Å². The summed E-state index contributed by atoms with van der Waals surface area (Å²) in [7, 11) is 0. The summed E-state index contributed by atoms with van der Waals surface area (Å²) in [5.74, 6) is -0.0590. The van der Waals surface area contributed by atoms with E-state index >= 15 is 0 Å². The van der Waals surface area contributed by atoms with Gasteiger partial charge in [-0.05, 0) is 55.2 Å². The second-order valence-corrected chi connectivity index (χ2v) is 7.73. The molecule has 2 aromatic carbocycles. The van der Waals surface area contributed by atoms with Gasteiger partial charge < -0.3 is 16.0 Å². The number of hydrogen-bond donors (Lipinski definition) is 3. The highest BCUT2D eigenvalue weighted by Gasteiger charge is 2.13. The number of halogens is 1. The second-order valence-electron chi connectivity index (χ2n) is 7.29. The Morgan fingerprint density at radius 2 is 1.74 bits per heavy atom. The molecule has 0 aliphatic heterocycles. The molecule has 0 heterocycles. The summed E-state index contributed by atoms with van der Waals surface area (Å²) >= 11 is 5.87. The lowest BCUT2D eigenvalue weighted by Gasteiger charge is -2.16. The number of benzene rings is 2. The van der Waals surface area contributed by atoms with Crippen LogP contribution in [0, 0.1) is 0 Å². The molecule has 0 unspecified atom stereocenters. The molecule has 3 rings (SSSR count). The van der Waals surface area contributed by atoms with Crippen molar-refractivity contribution >= 4 is 29.2 Å². The maximum absolute atomic E-state index is 12.6. The molecule has 0 fully saturated rings. The van der Waals surface area contributed by atoms with Gasteiger partial charge in [-0.15, -0.1) is 0 Å². The second kappa shape index (κ2) is 11.2. The third kappa shape index (κ3) is 7.15. The molecule has 1 aliphatic carbocycles. The standard InChI is InChI=1S/C25H26ClN3O2/c1-18(28-24(30)21-7-5-3-2-4-6-8-21)20-11-15-23(16-12-20)29-25(31)27-17-19-9-13-22(26)14-10-19/h2-5,7,9-16,18H,6,8,17H2,1H3,(H,28,30)(H2,27,29,31)/b4-2-,5-3-,21-7+/t18-/m0/s1. The van der Waals surface area contributed by atoms with Crippen molar-refractivity contribution in [1.82, 2.24) is 10.6 Å². The summed E-state index contributed by atoms with van der Waals surface area (Å²) in [6.07, 6.45) is 11.3. The minimum Gasteiger partial charge on any atom is -0.346 e. The van der Waals surface area contributed by atoms with Crippen LogP contribution in [0.15, 0.2) is 84.5 Å².